The average molecular weight is 501 g/mol. The van der Waals surface area contributed by atoms with Crippen LogP contribution in [0.2, 0.25) is 0 Å². The molecule has 38 heavy (non-hydrogen) atoms. The van der Waals surface area contributed by atoms with E-state index in [1.165, 1.54) is 31.2 Å². The number of H-pyrrole nitrogens is 2. The van der Waals surface area contributed by atoms with E-state index in [2.05, 4.69) is 53.6 Å². The van der Waals surface area contributed by atoms with E-state index in [0.29, 0.717) is 0 Å². The van der Waals surface area contributed by atoms with Gasteiger partial charge in [-0.1, -0.05) is 12.8 Å². The number of fused-ring (bicyclic) bond motifs is 2. The van der Waals surface area contributed by atoms with Gasteiger partial charge in [-0.15, -0.1) is 0 Å². The SMILES string of the molecule is c1cncc(-c2nccc3[nH]c(-c4n[nH]c5cnc(-c6cncc(CNCC7CCCC7)c6)cc45)cc23)c1. The fourth-order valence-electron chi connectivity index (χ4n) is 5.55. The summed E-state index contributed by atoms with van der Waals surface area (Å²) in [5.41, 5.74) is 8.57. The molecule has 1 saturated carbocycles. The lowest BCUT2D eigenvalue weighted by Crippen LogP contribution is -2.20. The zero-order valence-corrected chi connectivity index (χ0v) is 21.0. The lowest BCUT2D eigenvalue weighted by Gasteiger charge is -2.11. The Labute approximate surface area is 220 Å². The number of nitrogens with one attached hydrogen (secondary N) is 3. The van der Waals surface area contributed by atoms with Gasteiger partial charge in [0.05, 0.1) is 28.8 Å². The molecule has 0 atom stereocenters. The molecular formula is C30H28N8. The van der Waals surface area contributed by atoms with Crippen LogP contribution in [0.3, 0.4) is 0 Å². The highest BCUT2D eigenvalue weighted by molar-refractivity contribution is 6.00. The van der Waals surface area contributed by atoms with E-state index in [9.17, 15) is 0 Å². The Bertz CT molecular complexity index is 1710. The van der Waals surface area contributed by atoms with Gasteiger partial charge in [-0.2, -0.15) is 5.10 Å². The van der Waals surface area contributed by atoms with Crippen LogP contribution in [0.4, 0.5) is 0 Å². The minimum Gasteiger partial charge on any atom is -0.353 e. The molecule has 1 fully saturated rings. The topological polar surface area (TPSA) is 108 Å². The summed E-state index contributed by atoms with van der Waals surface area (Å²) in [6.07, 6.45) is 16.5. The van der Waals surface area contributed by atoms with Crippen LogP contribution in [0.25, 0.3) is 55.7 Å². The van der Waals surface area contributed by atoms with Gasteiger partial charge in [0.15, 0.2) is 0 Å². The Morgan fingerprint density at radius 1 is 0.816 bits per heavy atom. The van der Waals surface area contributed by atoms with Crippen molar-refractivity contribution in [2.75, 3.05) is 6.54 Å². The molecule has 0 radical (unpaired) electrons. The highest BCUT2D eigenvalue weighted by Gasteiger charge is 2.16. The summed E-state index contributed by atoms with van der Waals surface area (Å²) in [5, 5.41) is 13.4. The number of aromatic nitrogens is 7. The summed E-state index contributed by atoms with van der Waals surface area (Å²) in [4.78, 5) is 21.6. The lowest BCUT2D eigenvalue weighted by molar-refractivity contribution is 0.489. The minimum absolute atomic E-state index is 0.815. The normalized spacial score (nSPS) is 14.1. The van der Waals surface area contributed by atoms with Gasteiger partial charge in [0.2, 0.25) is 0 Å². The second-order valence-electron chi connectivity index (χ2n) is 10.1. The standard InChI is InChI=1S/C30H28N8/c1-2-5-19(4-1)13-32-14-20-10-22(17-33-15-20)26-11-24-28(18-35-26)37-38-30(24)27-12-23-25(36-27)7-9-34-29(23)21-6-3-8-31-16-21/h3,6-12,15-19,32,36H,1-2,4-5,13-14H2,(H,37,38). The monoisotopic (exact) mass is 500 g/mol. The number of aromatic amines is 2. The molecule has 1 aliphatic rings. The van der Waals surface area contributed by atoms with Crippen LogP contribution in [0.15, 0.2) is 73.6 Å². The van der Waals surface area contributed by atoms with E-state index < -0.39 is 0 Å². The van der Waals surface area contributed by atoms with Crippen LogP contribution in [-0.4, -0.2) is 41.7 Å². The van der Waals surface area contributed by atoms with Crippen LogP contribution in [0, 0.1) is 5.92 Å². The molecule has 0 aromatic carbocycles. The first-order valence-electron chi connectivity index (χ1n) is 13.2. The van der Waals surface area contributed by atoms with E-state index in [0.717, 1.165) is 74.7 Å². The first-order valence-corrected chi connectivity index (χ1v) is 13.2. The van der Waals surface area contributed by atoms with Gasteiger partial charge < -0.3 is 10.3 Å². The summed E-state index contributed by atoms with van der Waals surface area (Å²) in [5.74, 6) is 0.815. The van der Waals surface area contributed by atoms with Crippen molar-refractivity contribution in [1.82, 2.24) is 40.4 Å². The molecule has 3 N–H and O–H groups in total. The number of hydrogen-bond donors (Lipinski definition) is 3. The van der Waals surface area contributed by atoms with E-state index in [1.807, 2.05) is 49.2 Å². The fraction of sp³-hybridized carbons (Fsp3) is 0.233. The predicted octanol–water partition coefficient (Wildman–Crippen LogP) is 5.91. The number of nitrogens with zero attached hydrogens (tertiary/aromatic N) is 5. The first kappa shape index (κ1) is 22.7. The van der Waals surface area contributed by atoms with Gasteiger partial charge in [-0.3, -0.25) is 25.0 Å². The Hall–Kier alpha value is -4.43. The van der Waals surface area contributed by atoms with Gasteiger partial charge in [0.25, 0.3) is 0 Å². The van der Waals surface area contributed by atoms with Crippen molar-refractivity contribution < 1.29 is 0 Å². The van der Waals surface area contributed by atoms with Crippen LogP contribution in [-0.2, 0) is 6.54 Å². The van der Waals surface area contributed by atoms with Crippen molar-refractivity contribution in [3.8, 4) is 33.9 Å². The number of hydrogen-bond acceptors (Lipinski definition) is 6. The Kier molecular flexibility index (Phi) is 5.86. The molecular weight excluding hydrogens is 472 g/mol. The summed E-state index contributed by atoms with van der Waals surface area (Å²) in [6, 6.07) is 12.3. The van der Waals surface area contributed by atoms with Gasteiger partial charge in [-0.05, 0) is 67.3 Å². The molecule has 0 amide bonds. The molecule has 0 saturated heterocycles. The summed E-state index contributed by atoms with van der Waals surface area (Å²) in [7, 11) is 0. The van der Waals surface area contributed by atoms with Gasteiger partial charge in [-0.25, -0.2) is 0 Å². The molecule has 0 bridgehead atoms. The second-order valence-corrected chi connectivity index (χ2v) is 10.1. The average Bonchev–Trinajstić information content (AvgIpc) is 3.73. The number of pyridine rings is 4. The second kappa shape index (κ2) is 9.79. The Morgan fingerprint density at radius 3 is 2.61 bits per heavy atom. The molecule has 1 aliphatic carbocycles. The summed E-state index contributed by atoms with van der Waals surface area (Å²) >= 11 is 0. The third-order valence-electron chi connectivity index (χ3n) is 7.51. The zero-order chi connectivity index (χ0) is 25.3. The van der Waals surface area contributed by atoms with Crippen molar-refractivity contribution in [2.45, 2.75) is 32.2 Å². The van der Waals surface area contributed by atoms with Crippen molar-refractivity contribution in [2.24, 2.45) is 5.92 Å². The van der Waals surface area contributed by atoms with Gasteiger partial charge in [0, 0.05) is 64.9 Å². The van der Waals surface area contributed by atoms with Crippen molar-refractivity contribution in [1.29, 1.82) is 0 Å². The maximum atomic E-state index is 4.71. The molecule has 188 valence electrons. The maximum absolute atomic E-state index is 4.71. The van der Waals surface area contributed by atoms with Crippen molar-refractivity contribution >= 4 is 21.8 Å². The third kappa shape index (κ3) is 4.33. The minimum atomic E-state index is 0.815. The highest BCUT2D eigenvalue weighted by atomic mass is 15.1. The molecule has 0 spiro atoms. The van der Waals surface area contributed by atoms with Gasteiger partial charge >= 0.3 is 0 Å². The third-order valence-corrected chi connectivity index (χ3v) is 7.51. The van der Waals surface area contributed by atoms with Crippen LogP contribution >= 0.6 is 0 Å². The molecule has 7 rings (SSSR count). The smallest absolute Gasteiger partial charge is 0.116 e. The Balaban J connectivity index is 1.20. The molecule has 6 aromatic rings. The summed E-state index contributed by atoms with van der Waals surface area (Å²) < 4.78 is 0. The van der Waals surface area contributed by atoms with Gasteiger partial charge in [0.1, 0.15) is 5.69 Å². The van der Waals surface area contributed by atoms with E-state index in [-0.39, 0.29) is 0 Å². The molecule has 8 nitrogen and oxygen atoms in total. The molecule has 6 aromatic heterocycles. The Morgan fingerprint density at radius 2 is 1.71 bits per heavy atom. The fourth-order valence-corrected chi connectivity index (χ4v) is 5.55. The van der Waals surface area contributed by atoms with E-state index >= 15 is 0 Å². The van der Waals surface area contributed by atoms with Crippen LogP contribution in [0.1, 0.15) is 31.2 Å². The predicted molar refractivity (Wildman–Crippen MR) is 149 cm³/mol. The quantitative estimate of drug-likeness (QED) is 0.252. The van der Waals surface area contributed by atoms with Crippen molar-refractivity contribution in [3.63, 3.8) is 0 Å². The molecule has 0 aliphatic heterocycles. The van der Waals surface area contributed by atoms with E-state index in [4.69, 9.17) is 4.98 Å². The molecule has 8 heteroatoms. The summed E-state index contributed by atoms with van der Waals surface area (Å²) in [6.45, 7) is 1.90. The largest absolute Gasteiger partial charge is 0.353 e. The molecule has 0 unspecified atom stereocenters. The lowest BCUT2D eigenvalue weighted by atomic mass is 10.1. The zero-order valence-electron chi connectivity index (χ0n) is 21.0. The van der Waals surface area contributed by atoms with Crippen LogP contribution in [0.5, 0.6) is 0 Å². The maximum Gasteiger partial charge on any atom is 0.116 e. The highest BCUT2D eigenvalue weighted by Crippen LogP contribution is 2.33. The van der Waals surface area contributed by atoms with Crippen LogP contribution < -0.4 is 5.32 Å². The first-order chi connectivity index (χ1) is 18.8. The molecule has 6 heterocycles. The van der Waals surface area contributed by atoms with Crippen molar-refractivity contribution in [3.05, 3.63) is 79.1 Å². The number of rotatable bonds is 7. The van der Waals surface area contributed by atoms with E-state index in [1.54, 1.807) is 6.20 Å².